The molecule has 2 nitrogen and oxygen atoms in total. The van der Waals surface area contributed by atoms with E-state index in [0.29, 0.717) is 0 Å². The van der Waals surface area contributed by atoms with Crippen LogP contribution in [0.4, 0.5) is 0 Å². The van der Waals surface area contributed by atoms with Crippen molar-refractivity contribution in [2.75, 3.05) is 5.33 Å². The molecule has 1 aromatic carbocycles. The molecule has 3 heteroatoms. The summed E-state index contributed by atoms with van der Waals surface area (Å²) in [5.74, 6) is 0. The number of allylic oxidation sites excluding steroid dienone is 1. The molecule has 0 aliphatic rings. The molecule has 0 aliphatic carbocycles. The van der Waals surface area contributed by atoms with Crippen LogP contribution in [0.15, 0.2) is 30.5 Å². The number of nitrogens with zero attached hydrogens (tertiary/aromatic N) is 1. The molecule has 14 heavy (non-hydrogen) atoms. The van der Waals surface area contributed by atoms with E-state index >= 15 is 0 Å². The molecule has 0 atom stereocenters. The molecule has 0 aliphatic heterocycles. The second-order valence-electron chi connectivity index (χ2n) is 3.10. The summed E-state index contributed by atoms with van der Waals surface area (Å²) in [6, 6.07) is 6.28. The van der Waals surface area contributed by atoms with Crippen molar-refractivity contribution >= 4 is 32.9 Å². The van der Waals surface area contributed by atoms with Crippen LogP contribution in [0.1, 0.15) is 12.0 Å². The lowest BCUT2D eigenvalue weighted by atomic mass is 10.1. The smallest absolute Gasteiger partial charge is 0.0656 e. The quantitative estimate of drug-likeness (QED) is 0.832. The van der Waals surface area contributed by atoms with Crippen LogP contribution in [0, 0.1) is 0 Å². The zero-order valence-electron chi connectivity index (χ0n) is 7.70. The minimum Gasteiger partial charge on any atom is -0.278 e. The highest BCUT2D eigenvalue weighted by atomic mass is 79.9. The Morgan fingerprint density at radius 3 is 3.21 bits per heavy atom. The Bertz CT molecular complexity index is 445. The average molecular weight is 251 g/mol. The lowest BCUT2D eigenvalue weighted by molar-refractivity contribution is 1.12. The number of aromatic amines is 1. The maximum absolute atomic E-state index is 3.98. The lowest BCUT2D eigenvalue weighted by Crippen LogP contribution is -1.74. The zero-order valence-corrected chi connectivity index (χ0v) is 9.29. The first-order valence-electron chi connectivity index (χ1n) is 4.56. The first-order chi connectivity index (χ1) is 6.90. The fourth-order valence-electron chi connectivity index (χ4n) is 1.34. The van der Waals surface area contributed by atoms with Gasteiger partial charge in [-0.3, -0.25) is 5.10 Å². The highest BCUT2D eigenvalue weighted by molar-refractivity contribution is 9.09. The largest absolute Gasteiger partial charge is 0.278 e. The van der Waals surface area contributed by atoms with E-state index in [4.69, 9.17) is 0 Å². The molecule has 72 valence electrons. The summed E-state index contributed by atoms with van der Waals surface area (Å²) in [6.45, 7) is 0. The van der Waals surface area contributed by atoms with E-state index in [1.165, 1.54) is 5.56 Å². The number of benzene rings is 1. The number of H-pyrrole nitrogens is 1. The standard InChI is InChI=1S/C11H11BrN2/c12-6-2-1-3-9-4-5-10-8-13-14-11(10)7-9/h1,3-5,7-8H,2,6H2,(H,13,14). The van der Waals surface area contributed by atoms with Crippen molar-refractivity contribution in [3.8, 4) is 0 Å². The molecule has 0 saturated carbocycles. The molecule has 0 amide bonds. The average Bonchev–Trinajstić information content (AvgIpc) is 2.65. The van der Waals surface area contributed by atoms with Crippen LogP contribution < -0.4 is 0 Å². The summed E-state index contributed by atoms with van der Waals surface area (Å²) < 4.78 is 0. The van der Waals surface area contributed by atoms with Crippen molar-refractivity contribution in [1.82, 2.24) is 10.2 Å². The van der Waals surface area contributed by atoms with Gasteiger partial charge in [0.2, 0.25) is 0 Å². The summed E-state index contributed by atoms with van der Waals surface area (Å²) in [5, 5.41) is 9.10. The number of aromatic nitrogens is 2. The summed E-state index contributed by atoms with van der Waals surface area (Å²) >= 11 is 3.39. The summed E-state index contributed by atoms with van der Waals surface area (Å²) in [5.41, 5.74) is 2.30. The van der Waals surface area contributed by atoms with Crippen LogP contribution in [0.2, 0.25) is 0 Å². The van der Waals surface area contributed by atoms with E-state index in [1.807, 2.05) is 6.20 Å². The van der Waals surface area contributed by atoms with Crippen LogP contribution in [0.3, 0.4) is 0 Å². The van der Waals surface area contributed by atoms with Crippen LogP contribution in [0.5, 0.6) is 0 Å². The number of nitrogens with one attached hydrogen (secondary N) is 1. The predicted octanol–water partition coefficient (Wildman–Crippen LogP) is 3.36. The van der Waals surface area contributed by atoms with Crippen LogP contribution in [-0.2, 0) is 0 Å². The minimum atomic E-state index is 1.01. The van der Waals surface area contributed by atoms with Crippen molar-refractivity contribution in [3.63, 3.8) is 0 Å². The van der Waals surface area contributed by atoms with Gasteiger partial charge in [-0.2, -0.15) is 5.10 Å². The van der Waals surface area contributed by atoms with Gasteiger partial charge in [0.15, 0.2) is 0 Å². The third kappa shape index (κ3) is 2.04. The number of halogens is 1. The van der Waals surface area contributed by atoms with Gasteiger partial charge in [-0.25, -0.2) is 0 Å². The van der Waals surface area contributed by atoms with Gasteiger partial charge >= 0.3 is 0 Å². The number of hydrogen-bond acceptors (Lipinski definition) is 1. The maximum Gasteiger partial charge on any atom is 0.0656 e. The fraction of sp³-hybridized carbons (Fsp3) is 0.182. The Hall–Kier alpha value is -1.09. The van der Waals surface area contributed by atoms with E-state index in [2.05, 4.69) is 56.5 Å². The molecule has 0 spiro atoms. The third-order valence-electron chi connectivity index (χ3n) is 2.05. The van der Waals surface area contributed by atoms with Gasteiger partial charge in [0.25, 0.3) is 0 Å². The number of hydrogen-bond donors (Lipinski definition) is 1. The van der Waals surface area contributed by atoms with Crippen LogP contribution in [-0.4, -0.2) is 15.5 Å². The third-order valence-corrected chi connectivity index (χ3v) is 2.51. The Labute approximate surface area is 91.1 Å². The van der Waals surface area contributed by atoms with Crippen LogP contribution in [0.25, 0.3) is 17.0 Å². The maximum atomic E-state index is 3.98. The van der Waals surface area contributed by atoms with E-state index in [1.54, 1.807) is 0 Å². The molecular weight excluding hydrogens is 240 g/mol. The van der Waals surface area contributed by atoms with Crippen LogP contribution >= 0.6 is 15.9 Å². The Kier molecular flexibility index (Phi) is 2.99. The highest BCUT2D eigenvalue weighted by Gasteiger charge is 1.94. The van der Waals surface area contributed by atoms with E-state index < -0.39 is 0 Å². The molecule has 1 aromatic heterocycles. The van der Waals surface area contributed by atoms with Gasteiger partial charge in [-0.15, -0.1) is 0 Å². The molecule has 1 N–H and O–H groups in total. The monoisotopic (exact) mass is 250 g/mol. The molecule has 2 rings (SSSR count). The molecule has 2 aromatic rings. The summed E-state index contributed by atoms with van der Waals surface area (Å²) in [7, 11) is 0. The molecule has 1 heterocycles. The van der Waals surface area contributed by atoms with Crippen molar-refractivity contribution in [2.24, 2.45) is 0 Å². The van der Waals surface area contributed by atoms with Gasteiger partial charge in [-0.1, -0.05) is 40.2 Å². The van der Waals surface area contributed by atoms with Crippen molar-refractivity contribution < 1.29 is 0 Å². The Morgan fingerprint density at radius 2 is 2.36 bits per heavy atom. The first-order valence-corrected chi connectivity index (χ1v) is 5.68. The first kappa shape index (κ1) is 9.46. The van der Waals surface area contributed by atoms with Gasteiger partial charge in [-0.05, 0) is 18.1 Å². The van der Waals surface area contributed by atoms with Gasteiger partial charge in [0, 0.05) is 10.7 Å². The molecular formula is C11H11BrN2. The Balaban J connectivity index is 2.25. The lowest BCUT2D eigenvalue weighted by Gasteiger charge is -1.93. The van der Waals surface area contributed by atoms with Gasteiger partial charge in [0.1, 0.15) is 0 Å². The number of rotatable bonds is 3. The number of alkyl halides is 1. The van der Waals surface area contributed by atoms with Crippen molar-refractivity contribution in [2.45, 2.75) is 6.42 Å². The highest BCUT2D eigenvalue weighted by Crippen LogP contribution is 2.13. The second kappa shape index (κ2) is 4.42. The van der Waals surface area contributed by atoms with Gasteiger partial charge < -0.3 is 0 Å². The SMILES string of the molecule is BrCCC=Cc1ccc2cn[nH]c2c1. The molecule has 0 radical (unpaired) electrons. The van der Waals surface area contributed by atoms with E-state index in [0.717, 1.165) is 22.7 Å². The van der Waals surface area contributed by atoms with Crippen molar-refractivity contribution in [1.29, 1.82) is 0 Å². The van der Waals surface area contributed by atoms with Gasteiger partial charge in [0.05, 0.1) is 11.7 Å². The molecule has 0 saturated heterocycles. The predicted molar refractivity (Wildman–Crippen MR) is 63.5 cm³/mol. The van der Waals surface area contributed by atoms with E-state index in [9.17, 15) is 0 Å². The summed E-state index contributed by atoms with van der Waals surface area (Å²) in [4.78, 5) is 0. The Morgan fingerprint density at radius 1 is 1.43 bits per heavy atom. The number of fused-ring (bicyclic) bond motifs is 1. The van der Waals surface area contributed by atoms with Crippen molar-refractivity contribution in [3.05, 3.63) is 36.0 Å². The molecule has 0 bridgehead atoms. The topological polar surface area (TPSA) is 28.7 Å². The molecule has 0 unspecified atom stereocenters. The normalized spacial score (nSPS) is 11.5. The zero-order chi connectivity index (χ0) is 9.80. The fourth-order valence-corrected chi connectivity index (χ4v) is 1.61. The van der Waals surface area contributed by atoms with E-state index in [-0.39, 0.29) is 0 Å². The second-order valence-corrected chi connectivity index (χ2v) is 3.89. The summed E-state index contributed by atoms with van der Waals surface area (Å²) in [6.07, 6.45) is 7.18. The minimum absolute atomic E-state index is 1.01. The molecule has 0 fully saturated rings.